The summed E-state index contributed by atoms with van der Waals surface area (Å²) in [6.07, 6.45) is 7.17. The minimum absolute atomic E-state index is 0.0795. The first-order valence-electron chi connectivity index (χ1n) is 6.74. The van der Waals surface area contributed by atoms with Crippen molar-refractivity contribution < 1.29 is 9.21 Å². The van der Waals surface area contributed by atoms with Gasteiger partial charge < -0.3 is 4.42 Å². The average molecular weight is 327 g/mol. The van der Waals surface area contributed by atoms with E-state index in [1.165, 1.54) is 11.9 Å². The molecule has 110 valence electrons. The van der Waals surface area contributed by atoms with E-state index >= 15 is 0 Å². The SMILES string of the molecule is O=C1/C(=C/C=C/c2ccccc2)C(=S)SN1Cc1ccco1. The number of furan rings is 1. The Hall–Kier alpha value is -2.11. The molecular formula is C17H13NO2S2. The zero-order chi connectivity index (χ0) is 15.4. The monoisotopic (exact) mass is 327 g/mol. The van der Waals surface area contributed by atoms with Crippen molar-refractivity contribution in [3.8, 4) is 0 Å². The summed E-state index contributed by atoms with van der Waals surface area (Å²) in [6.45, 7) is 0.413. The van der Waals surface area contributed by atoms with E-state index in [1.54, 1.807) is 22.7 Å². The number of hydrogen-bond acceptors (Lipinski definition) is 4. The van der Waals surface area contributed by atoms with Crippen LogP contribution in [0.5, 0.6) is 0 Å². The Balaban J connectivity index is 1.71. The zero-order valence-corrected chi connectivity index (χ0v) is 13.3. The number of nitrogens with zero attached hydrogens (tertiary/aromatic N) is 1. The molecule has 22 heavy (non-hydrogen) atoms. The summed E-state index contributed by atoms with van der Waals surface area (Å²) in [6, 6.07) is 13.6. The summed E-state index contributed by atoms with van der Waals surface area (Å²) in [7, 11) is 0. The maximum Gasteiger partial charge on any atom is 0.266 e. The van der Waals surface area contributed by atoms with Crippen LogP contribution in [0.25, 0.3) is 6.08 Å². The van der Waals surface area contributed by atoms with E-state index < -0.39 is 0 Å². The lowest BCUT2D eigenvalue weighted by molar-refractivity contribution is -0.121. The predicted molar refractivity (Wildman–Crippen MR) is 93.0 cm³/mol. The number of rotatable bonds is 4. The fourth-order valence-corrected chi connectivity index (χ4v) is 3.27. The molecule has 2 heterocycles. The molecule has 1 aliphatic heterocycles. The molecule has 3 rings (SSSR count). The Morgan fingerprint density at radius 1 is 1.18 bits per heavy atom. The molecule has 0 unspecified atom stereocenters. The molecule has 0 spiro atoms. The highest BCUT2D eigenvalue weighted by atomic mass is 32.2. The number of amides is 1. The highest BCUT2D eigenvalue weighted by Gasteiger charge is 2.32. The van der Waals surface area contributed by atoms with Crippen LogP contribution in [-0.4, -0.2) is 14.4 Å². The van der Waals surface area contributed by atoms with Gasteiger partial charge in [0.1, 0.15) is 9.96 Å². The molecule has 0 radical (unpaired) electrons. The van der Waals surface area contributed by atoms with Crippen LogP contribution in [0.1, 0.15) is 11.3 Å². The number of carbonyl (C=O) groups is 1. The molecule has 0 aliphatic carbocycles. The van der Waals surface area contributed by atoms with Crippen LogP contribution in [0.4, 0.5) is 0 Å². The first kappa shape index (κ1) is 14.8. The van der Waals surface area contributed by atoms with Gasteiger partial charge in [-0.2, -0.15) is 0 Å². The molecule has 2 aromatic rings. The van der Waals surface area contributed by atoms with Crippen molar-refractivity contribution in [2.24, 2.45) is 0 Å². The number of carbonyl (C=O) groups excluding carboxylic acids is 1. The summed E-state index contributed by atoms with van der Waals surface area (Å²) in [5.74, 6) is 0.661. The van der Waals surface area contributed by atoms with Crippen molar-refractivity contribution in [2.45, 2.75) is 6.54 Å². The van der Waals surface area contributed by atoms with Gasteiger partial charge in [-0.25, -0.2) is 0 Å². The van der Waals surface area contributed by atoms with Crippen LogP contribution >= 0.6 is 24.2 Å². The van der Waals surface area contributed by atoms with E-state index in [-0.39, 0.29) is 5.91 Å². The molecule has 1 amide bonds. The van der Waals surface area contributed by atoms with Crippen molar-refractivity contribution in [3.05, 3.63) is 77.8 Å². The van der Waals surface area contributed by atoms with Gasteiger partial charge in [-0.05, 0) is 23.8 Å². The highest BCUT2D eigenvalue weighted by Crippen LogP contribution is 2.31. The number of benzene rings is 1. The van der Waals surface area contributed by atoms with Gasteiger partial charge in [0, 0.05) is 11.9 Å². The summed E-state index contributed by atoms with van der Waals surface area (Å²) in [5.41, 5.74) is 1.63. The fourth-order valence-electron chi connectivity index (χ4n) is 2.02. The van der Waals surface area contributed by atoms with Crippen LogP contribution in [0.3, 0.4) is 0 Å². The van der Waals surface area contributed by atoms with Crippen molar-refractivity contribution in [3.63, 3.8) is 0 Å². The first-order valence-corrected chi connectivity index (χ1v) is 7.92. The van der Waals surface area contributed by atoms with Crippen LogP contribution in [0.2, 0.25) is 0 Å². The molecule has 1 aliphatic rings. The van der Waals surface area contributed by atoms with E-state index in [4.69, 9.17) is 16.6 Å². The van der Waals surface area contributed by atoms with Crippen molar-refractivity contribution >= 4 is 40.3 Å². The number of allylic oxidation sites excluding steroid dienone is 2. The fraction of sp³-hybridized carbons (Fsp3) is 0.0588. The third-order valence-corrected chi connectivity index (χ3v) is 4.45. The van der Waals surface area contributed by atoms with Crippen molar-refractivity contribution in [2.75, 3.05) is 0 Å². The molecule has 0 atom stereocenters. The molecular weight excluding hydrogens is 314 g/mol. The van der Waals surface area contributed by atoms with Crippen LogP contribution in [-0.2, 0) is 11.3 Å². The van der Waals surface area contributed by atoms with Gasteiger partial charge in [0.15, 0.2) is 0 Å². The van der Waals surface area contributed by atoms with Crippen LogP contribution in [0, 0.1) is 0 Å². The molecule has 1 aromatic carbocycles. The van der Waals surface area contributed by atoms with Crippen molar-refractivity contribution in [1.82, 2.24) is 4.31 Å². The minimum atomic E-state index is -0.0795. The van der Waals surface area contributed by atoms with E-state index in [0.29, 0.717) is 16.3 Å². The Morgan fingerprint density at radius 2 is 2.00 bits per heavy atom. The number of hydrogen-bond donors (Lipinski definition) is 0. The molecule has 0 N–H and O–H groups in total. The smallest absolute Gasteiger partial charge is 0.266 e. The molecule has 3 nitrogen and oxygen atoms in total. The van der Waals surface area contributed by atoms with Gasteiger partial charge in [0.05, 0.1) is 18.4 Å². The molecule has 5 heteroatoms. The van der Waals surface area contributed by atoms with Crippen LogP contribution < -0.4 is 0 Å². The Morgan fingerprint density at radius 3 is 2.73 bits per heavy atom. The lowest BCUT2D eigenvalue weighted by Gasteiger charge is -2.10. The van der Waals surface area contributed by atoms with Gasteiger partial charge in [-0.3, -0.25) is 9.10 Å². The van der Waals surface area contributed by atoms with E-state index in [1.807, 2.05) is 48.6 Å². The third-order valence-electron chi connectivity index (χ3n) is 3.10. The van der Waals surface area contributed by atoms with Crippen molar-refractivity contribution in [1.29, 1.82) is 0 Å². The quantitative estimate of drug-likeness (QED) is 0.478. The number of thiocarbonyl (C=S) groups is 1. The van der Waals surface area contributed by atoms with Gasteiger partial charge in [0.25, 0.3) is 5.91 Å². The average Bonchev–Trinajstić information content (AvgIpc) is 3.12. The summed E-state index contributed by atoms with van der Waals surface area (Å²) in [5, 5.41) is 0. The molecule has 0 bridgehead atoms. The van der Waals surface area contributed by atoms with Gasteiger partial charge >= 0.3 is 0 Å². The molecule has 1 saturated heterocycles. The van der Waals surface area contributed by atoms with E-state index in [2.05, 4.69) is 0 Å². The lowest BCUT2D eigenvalue weighted by Crippen LogP contribution is -2.18. The third kappa shape index (κ3) is 3.37. The minimum Gasteiger partial charge on any atom is -0.467 e. The lowest BCUT2D eigenvalue weighted by atomic mass is 10.2. The van der Waals surface area contributed by atoms with Gasteiger partial charge in [0.2, 0.25) is 0 Å². The Bertz CT molecular complexity index is 733. The second kappa shape index (κ2) is 6.77. The van der Waals surface area contributed by atoms with Crippen LogP contribution in [0.15, 0.2) is 70.9 Å². The topological polar surface area (TPSA) is 33.5 Å². The first-order chi connectivity index (χ1) is 10.7. The summed E-state index contributed by atoms with van der Waals surface area (Å²) in [4.78, 5) is 12.4. The molecule has 1 fully saturated rings. The maximum absolute atomic E-state index is 12.4. The summed E-state index contributed by atoms with van der Waals surface area (Å²) < 4.78 is 7.48. The molecule has 0 saturated carbocycles. The normalized spacial score (nSPS) is 17.1. The molecule has 1 aromatic heterocycles. The predicted octanol–water partition coefficient (Wildman–Crippen LogP) is 4.24. The standard InChI is InChI=1S/C17H13NO2S2/c19-16-15(10-4-8-13-6-2-1-3-7-13)17(21)22-18(16)12-14-9-5-11-20-14/h1-11H,12H2/b8-4+,15-10-. The van der Waals surface area contributed by atoms with Gasteiger partial charge in [-0.15, -0.1) is 0 Å². The maximum atomic E-state index is 12.4. The van der Waals surface area contributed by atoms with E-state index in [0.717, 1.165) is 11.3 Å². The largest absolute Gasteiger partial charge is 0.467 e. The Kier molecular flexibility index (Phi) is 4.56. The Labute approximate surface area is 138 Å². The highest BCUT2D eigenvalue weighted by molar-refractivity contribution is 8.23. The second-order valence-electron chi connectivity index (χ2n) is 4.65. The second-order valence-corrected chi connectivity index (χ2v) is 6.35. The summed E-state index contributed by atoms with van der Waals surface area (Å²) >= 11 is 6.57. The van der Waals surface area contributed by atoms with Gasteiger partial charge in [-0.1, -0.05) is 54.7 Å². The zero-order valence-electron chi connectivity index (χ0n) is 11.6. The van der Waals surface area contributed by atoms with E-state index in [9.17, 15) is 4.79 Å².